The first kappa shape index (κ1) is 15.4. The Morgan fingerprint density at radius 3 is 2.25 bits per heavy atom. The van der Waals surface area contributed by atoms with Gasteiger partial charge in [0.05, 0.1) is 5.60 Å². The van der Waals surface area contributed by atoms with Gasteiger partial charge in [-0.2, -0.15) is 0 Å². The monoisotopic (exact) mass is 224 g/mol. The van der Waals surface area contributed by atoms with Crippen molar-refractivity contribution in [2.75, 3.05) is 0 Å². The van der Waals surface area contributed by atoms with Crippen LogP contribution >= 0.6 is 0 Å². The standard InChI is InChI=1S/C15H28O/c1-13(2)9-8-11-14(3)10-6-7-12-15(4,5)16/h7,9,12,14,16H,6,8,10-11H2,1-5H3/b12-7+. The van der Waals surface area contributed by atoms with E-state index in [0.717, 1.165) is 12.3 Å². The van der Waals surface area contributed by atoms with E-state index in [0.29, 0.717) is 0 Å². The summed E-state index contributed by atoms with van der Waals surface area (Å²) in [4.78, 5) is 0. The lowest BCUT2D eigenvalue weighted by atomic mass is 9.98. The minimum atomic E-state index is -0.661. The van der Waals surface area contributed by atoms with Crippen molar-refractivity contribution in [2.24, 2.45) is 5.92 Å². The fraction of sp³-hybridized carbons (Fsp3) is 0.733. The lowest BCUT2D eigenvalue weighted by molar-refractivity contribution is 0.133. The molecule has 1 atom stereocenters. The van der Waals surface area contributed by atoms with Gasteiger partial charge in [-0.05, 0) is 59.3 Å². The average Bonchev–Trinajstić information content (AvgIpc) is 2.10. The number of hydrogen-bond donors (Lipinski definition) is 1. The Labute approximate surface area is 101 Å². The second-order valence-corrected chi connectivity index (χ2v) is 5.60. The van der Waals surface area contributed by atoms with Gasteiger partial charge in [0.25, 0.3) is 0 Å². The van der Waals surface area contributed by atoms with Crippen LogP contribution in [0.5, 0.6) is 0 Å². The van der Waals surface area contributed by atoms with Crippen molar-refractivity contribution >= 4 is 0 Å². The van der Waals surface area contributed by atoms with E-state index in [1.807, 2.05) is 19.9 Å². The van der Waals surface area contributed by atoms with E-state index in [-0.39, 0.29) is 0 Å². The van der Waals surface area contributed by atoms with Crippen molar-refractivity contribution in [3.63, 3.8) is 0 Å². The van der Waals surface area contributed by atoms with Crippen LogP contribution in [0.1, 0.15) is 60.3 Å². The Hall–Kier alpha value is -0.560. The highest BCUT2D eigenvalue weighted by molar-refractivity contribution is 4.95. The van der Waals surface area contributed by atoms with Gasteiger partial charge in [0, 0.05) is 0 Å². The fourth-order valence-electron chi connectivity index (χ4n) is 1.55. The summed E-state index contributed by atoms with van der Waals surface area (Å²) >= 11 is 0. The number of rotatable bonds is 7. The number of hydrogen-bond acceptors (Lipinski definition) is 1. The Morgan fingerprint density at radius 2 is 1.75 bits per heavy atom. The van der Waals surface area contributed by atoms with E-state index in [9.17, 15) is 5.11 Å². The Morgan fingerprint density at radius 1 is 1.19 bits per heavy atom. The van der Waals surface area contributed by atoms with Crippen LogP contribution in [-0.2, 0) is 0 Å². The topological polar surface area (TPSA) is 20.2 Å². The molecule has 0 bridgehead atoms. The summed E-state index contributed by atoms with van der Waals surface area (Å²) < 4.78 is 0. The van der Waals surface area contributed by atoms with Gasteiger partial charge in [-0.3, -0.25) is 0 Å². The van der Waals surface area contributed by atoms with E-state index in [4.69, 9.17) is 0 Å². The molecule has 0 aliphatic carbocycles. The first-order valence-corrected chi connectivity index (χ1v) is 6.34. The van der Waals surface area contributed by atoms with Crippen LogP contribution in [0.3, 0.4) is 0 Å². The SMILES string of the molecule is CC(C)=CCCC(C)CC/C=C/C(C)(C)O. The minimum absolute atomic E-state index is 0.661. The summed E-state index contributed by atoms with van der Waals surface area (Å²) in [6.45, 7) is 10.2. The van der Waals surface area contributed by atoms with E-state index in [2.05, 4.69) is 32.9 Å². The number of allylic oxidation sites excluding steroid dienone is 3. The van der Waals surface area contributed by atoms with Gasteiger partial charge in [-0.15, -0.1) is 0 Å². The third-order valence-electron chi connectivity index (χ3n) is 2.56. The average molecular weight is 224 g/mol. The van der Waals surface area contributed by atoms with Crippen LogP contribution in [0, 0.1) is 5.92 Å². The highest BCUT2D eigenvalue weighted by atomic mass is 16.3. The van der Waals surface area contributed by atoms with Gasteiger partial charge in [-0.25, -0.2) is 0 Å². The second-order valence-electron chi connectivity index (χ2n) is 5.60. The minimum Gasteiger partial charge on any atom is -0.386 e. The van der Waals surface area contributed by atoms with Crippen molar-refractivity contribution in [2.45, 2.75) is 65.9 Å². The molecule has 0 aromatic rings. The molecule has 0 spiro atoms. The highest BCUT2D eigenvalue weighted by Crippen LogP contribution is 2.15. The molecule has 0 aromatic heterocycles. The van der Waals surface area contributed by atoms with E-state index in [1.54, 1.807) is 0 Å². The van der Waals surface area contributed by atoms with Gasteiger partial charge < -0.3 is 5.11 Å². The fourth-order valence-corrected chi connectivity index (χ4v) is 1.55. The molecular weight excluding hydrogens is 196 g/mol. The predicted octanol–water partition coefficient (Wildman–Crippen LogP) is 4.48. The lowest BCUT2D eigenvalue weighted by Gasteiger charge is -2.11. The molecule has 1 unspecified atom stereocenters. The molecule has 0 saturated carbocycles. The molecule has 1 heteroatoms. The van der Waals surface area contributed by atoms with Crippen LogP contribution < -0.4 is 0 Å². The zero-order valence-corrected chi connectivity index (χ0v) is 11.6. The van der Waals surface area contributed by atoms with E-state index < -0.39 is 5.60 Å². The van der Waals surface area contributed by atoms with Crippen molar-refractivity contribution in [3.05, 3.63) is 23.8 Å². The summed E-state index contributed by atoms with van der Waals surface area (Å²) in [6, 6.07) is 0. The summed E-state index contributed by atoms with van der Waals surface area (Å²) in [5.74, 6) is 0.766. The van der Waals surface area contributed by atoms with Gasteiger partial charge >= 0.3 is 0 Å². The predicted molar refractivity (Wildman–Crippen MR) is 72.5 cm³/mol. The molecule has 0 heterocycles. The van der Waals surface area contributed by atoms with Crippen molar-refractivity contribution < 1.29 is 5.11 Å². The van der Waals surface area contributed by atoms with Crippen LogP contribution in [-0.4, -0.2) is 10.7 Å². The van der Waals surface area contributed by atoms with Gasteiger partial charge in [-0.1, -0.05) is 30.7 Å². The third-order valence-corrected chi connectivity index (χ3v) is 2.56. The highest BCUT2D eigenvalue weighted by Gasteiger charge is 2.05. The molecule has 0 amide bonds. The summed E-state index contributed by atoms with van der Waals surface area (Å²) in [5.41, 5.74) is 0.750. The lowest BCUT2D eigenvalue weighted by Crippen LogP contribution is -2.13. The first-order chi connectivity index (χ1) is 7.31. The van der Waals surface area contributed by atoms with Crippen molar-refractivity contribution in [1.82, 2.24) is 0 Å². The maximum atomic E-state index is 9.49. The molecule has 0 rings (SSSR count). The molecule has 0 fully saturated rings. The Balaban J connectivity index is 3.62. The van der Waals surface area contributed by atoms with Crippen LogP contribution in [0.2, 0.25) is 0 Å². The van der Waals surface area contributed by atoms with Crippen LogP contribution in [0.4, 0.5) is 0 Å². The summed E-state index contributed by atoms with van der Waals surface area (Å²) in [6.07, 6.45) is 11.0. The molecule has 0 aliphatic rings. The molecule has 1 N–H and O–H groups in total. The van der Waals surface area contributed by atoms with E-state index >= 15 is 0 Å². The van der Waals surface area contributed by atoms with Crippen LogP contribution in [0.15, 0.2) is 23.8 Å². The smallest absolute Gasteiger partial charge is 0.0771 e. The summed E-state index contributed by atoms with van der Waals surface area (Å²) in [5, 5.41) is 9.49. The maximum Gasteiger partial charge on any atom is 0.0771 e. The van der Waals surface area contributed by atoms with Gasteiger partial charge in [0.1, 0.15) is 0 Å². The Bertz CT molecular complexity index is 226. The zero-order chi connectivity index (χ0) is 12.6. The van der Waals surface area contributed by atoms with Gasteiger partial charge in [0.2, 0.25) is 0 Å². The molecule has 1 nitrogen and oxygen atoms in total. The Kier molecular flexibility index (Phi) is 7.40. The molecule has 16 heavy (non-hydrogen) atoms. The molecule has 0 aromatic carbocycles. The van der Waals surface area contributed by atoms with Crippen molar-refractivity contribution in [3.8, 4) is 0 Å². The van der Waals surface area contributed by atoms with Gasteiger partial charge in [0.15, 0.2) is 0 Å². The normalized spacial score (nSPS) is 14.1. The quantitative estimate of drug-likeness (QED) is 0.632. The summed E-state index contributed by atoms with van der Waals surface area (Å²) in [7, 11) is 0. The zero-order valence-electron chi connectivity index (χ0n) is 11.6. The van der Waals surface area contributed by atoms with Crippen molar-refractivity contribution in [1.29, 1.82) is 0 Å². The second kappa shape index (κ2) is 7.67. The molecule has 94 valence electrons. The van der Waals surface area contributed by atoms with E-state index in [1.165, 1.54) is 24.8 Å². The number of aliphatic hydroxyl groups is 1. The first-order valence-electron chi connectivity index (χ1n) is 6.34. The maximum absolute atomic E-state index is 9.49. The molecule has 0 radical (unpaired) electrons. The third kappa shape index (κ3) is 11.5. The largest absolute Gasteiger partial charge is 0.386 e. The van der Waals surface area contributed by atoms with Crippen LogP contribution in [0.25, 0.3) is 0 Å². The molecule has 0 saturated heterocycles. The molecule has 0 aliphatic heterocycles. The molecular formula is C15H28O.